The van der Waals surface area contributed by atoms with Crippen LogP contribution in [-0.2, 0) is 0 Å². The second kappa shape index (κ2) is 9.84. The van der Waals surface area contributed by atoms with Crippen molar-refractivity contribution in [1.29, 1.82) is 0 Å². The third-order valence-electron chi connectivity index (χ3n) is 2.75. The number of halogens is 3. The molecule has 0 saturated carbocycles. The number of hydrogen-bond acceptors (Lipinski definition) is 4. The van der Waals surface area contributed by atoms with Gasteiger partial charge in [-0.2, -0.15) is 0 Å². The molecule has 3 N–H and O–H groups in total. The van der Waals surface area contributed by atoms with E-state index in [0.717, 1.165) is 4.47 Å². The summed E-state index contributed by atoms with van der Waals surface area (Å²) in [6.07, 6.45) is 1.58. The highest BCUT2D eigenvalue weighted by atomic mass is 79.9. The first-order chi connectivity index (χ1) is 10.3. The van der Waals surface area contributed by atoms with Crippen LogP contribution in [0.2, 0.25) is 0 Å². The molecule has 0 bridgehead atoms. The van der Waals surface area contributed by atoms with Gasteiger partial charge in [0.2, 0.25) is 5.88 Å². The average molecular weight is 437 g/mol. The topological polar surface area (TPSA) is 77.2 Å². The molecule has 0 saturated heterocycles. The van der Waals surface area contributed by atoms with Gasteiger partial charge in [0.25, 0.3) is 5.91 Å². The zero-order chi connectivity index (χ0) is 16.2. The van der Waals surface area contributed by atoms with Crippen LogP contribution in [0, 0.1) is 0 Å². The van der Waals surface area contributed by atoms with Crippen molar-refractivity contribution >= 4 is 46.7 Å². The Bertz CT molecular complexity index is 661. The van der Waals surface area contributed by atoms with Crippen LogP contribution in [0.5, 0.6) is 11.6 Å². The predicted octanol–water partition coefficient (Wildman–Crippen LogP) is 3.95. The van der Waals surface area contributed by atoms with Gasteiger partial charge in [0, 0.05) is 22.8 Å². The highest BCUT2D eigenvalue weighted by molar-refractivity contribution is 9.10. The van der Waals surface area contributed by atoms with E-state index >= 15 is 0 Å². The molecule has 1 aromatic carbocycles. The SMILES string of the molecule is CC(C)(N)CNC(=O)c1cccnc1Oc1ccc(Br)cc1.Cl.Cl. The normalized spacial score (nSPS) is 10.2. The number of ether oxygens (including phenoxy) is 1. The molecule has 0 fully saturated rings. The Morgan fingerprint density at radius 2 is 1.88 bits per heavy atom. The van der Waals surface area contributed by atoms with Crippen molar-refractivity contribution < 1.29 is 9.53 Å². The Kier molecular flexibility index (Phi) is 9.29. The Hall–Kier alpha value is -1.34. The molecule has 1 amide bonds. The van der Waals surface area contributed by atoms with Crippen molar-refractivity contribution in [2.75, 3.05) is 6.54 Å². The molecule has 0 aliphatic carbocycles. The minimum atomic E-state index is -0.482. The number of rotatable bonds is 5. The van der Waals surface area contributed by atoms with E-state index in [9.17, 15) is 4.79 Å². The van der Waals surface area contributed by atoms with E-state index in [2.05, 4.69) is 26.2 Å². The van der Waals surface area contributed by atoms with Crippen molar-refractivity contribution in [2.24, 2.45) is 5.73 Å². The van der Waals surface area contributed by atoms with E-state index in [4.69, 9.17) is 10.5 Å². The van der Waals surface area contributed by atoms with Crippen LogP contribution in [0.15, 0.2) is 47.1 Å². The molecular weight excluding hydrogens is 417 g/mol. The van der Waals surface area contributed by atoms with Gasteiger partial charge in [-0.3, -0.25) is 4.79 Å². The Labute approximate surface area is 162 Å². The molecule has 0 unspecified atom stereocenters. The van der Waals surface area contributed by atoms with Gasteiger partial charge in [-0.15, -0.1) is 24.8 Å². The highest BCUT2D eigenvalue weighted by Gasteiger charge is 2.17. The number of nitrogens with one attached hydrogen (secondary N) is 1. The van der Waals surface area contributed by atoms with Gasteiger partial charge in [-0.05, 0) is 50.2 Å². The second-order valence-electron chi connectivity index (χ2n) is 5.58. The van der Waals surface area contributed by atoms with E-state index in [1.54, 1.807) is 30.5 Å². The monoisotopic (exact) mass is 435 g/mol. The zero-order valence-electron chi connectivity index (χ0n) is 13.3. The summed E-state index contributed by atoms with van der Waals surface area (Å²) in [5.74, 6) is 0.603. The molecule has 8 heteroatoms. The van der Waals surface area contributed by atoms with E-state index in [1.165, 1.54) is 0 Å². The molecule has 24 heavy (non-hydrogen) atoms. The molecule has 0 radical (unpaired) electrons. The molecule has 1 aromatic heterocycles. The molecule has 2 rings (SSSR count). The van der Waals surface area contributed by atoms with E-state index in [-0.39, 0.29) is 36.6 Å². The van der Waals surface area contributed by atoms with Crippen molar-refractivity contribution in [3.05, 3.63) is 52.6 Å². The molecule has 5 nitrogen and oxygen atoms in total. The number of nitrogens with zero attached hydrogens (tertiary/aromatic N) is 1. The lowest BCUT2D eigenvalue weighted by Gasteiger charge is -2.19. The highest BCUT2D eigenvalue weighted by Crippen LogP contribution is 2.24. The smallest absolute Gasteiger partial charge is 0.256 e. The van der Waals surface area contributed by atoms with Crippen LogP contribution in [0.4, 0.5) is 0 Å². The Morgan fingerprint density at radius 3 is 2.46 bits per heavy atom. The van der Waals surface area contributed by atoms with Gasteiger partial charge in [-0.25, -0.2) is 4.98 Å². The number of carbonyl (C=O) groups is 1. The number of carbonyl (C=O) groups excluding carboxylic acids is 1. The number of nitrogens with two attached hydrogens (primary N) is 1. The first kappa shape index (κ1) is 22.7. The minimum Gasteiger partial charge on any atom is -0.438 e. The largest absolute Gasteiger partial charge is 0.438 e. The second-order valence-corrected chi connectivity index (χ2v) is 6.50. The van der Waals surface area contributed by atoms with Crippen LogP contribution in [0.3, 0.4) is 0 Å². The minimum absolute atomic E-state index is 0. The maximum atomic E-state index is 12.3. The fourth-order valence-corrected chi connectivity index (χ4v) is 1.93. The Balaban J connectivity index is 0.00000264. The number of amides is 1. The summed E-state index contributed by atoms with van der Waals surface area (Å²) in [5.41, 5.74) is 5.76. The predicted molar refractivity (Wildman–Crippen MR) is 104 cm³/mol. The molecule has 0 aliphatic heterocycles. The van der Waals surface area contributed by atoms with Crippen LogP contribution < -0.4 is 15.8 Å². The van der Waals surface area contributed by atoms with Crippen LogP contribution in [-0.4, -0.2) is 23.0 Å². The summed E-state index contributed by atoms with van der Waals surface area (Å²) in [6.45, 7) is 4.05. The molecule has 1 heterocycles. The lowest BCUT2D eigenvalue weighted by atomic mass is 10.1. The third-order valence-corrected chi connectivity index (χ3v) is 3.28. The fourth-order valence-electron chi connectivity index (χ4n) is 1.66. The van der Waals surface area contributed by atoms with Crippen molar-refractivity contribution in [3.8, 4) is 11.6 Å². The maximum absolute atomic E-state index is 12.3. The maximum Gasteiger partial charge on any atom is 0.256 e. The molecule has 2 aromatic rings. The summed E-state index contributed by atoms with van der Waals surface area (Å²) >= 11 is 3.36. The number of pyridine rings is 1. The van der Waals surface area contributed by atoms with Crippen LogP contribution in [0.1, 0.15) is 24.2 Å². The summed E-state index contributed by atoms with van der Waals surface area (Å²) in [6, 6.07) is 10.7. The van der Waals surface area contributed by atoms with Crippen LogP contribution in [0.25, 0.3) is 0 Å². The number of benzene rings is 1. The molecule has 0 aliphatic rings. The van der Waals surface area contributed by atoms with Gasteiger partial charge in [0.15, 0.2) is 0 Å². The van der Waals surface area contributed by atoms with Crippen molar-refractivity contribution in [2.45, 2.75) is 19.4 Å². The van der Waals surface area contributed by atoms with Gasteiger partial charge in [-0.1, -0.05) is 15.9 Å². The van der Waals surface area contributed by atoms with Crippen molar-refractivity contribution in [1.82, 2.24) is 10.3 Å². The zero-order valence-corrected chi connectivity index (χ0v) is 16.5. The number of hydrogen-bond donors (Lipinski definition) is 2. The standard InChI is InChI=1S/C16H18BrN3O2.2ClH/c1-16(2,18)10-20-14(21)13-4-3-9-19-15(13)22-12-7-5-11(17)6-8-12;;/h3-9H,10,18H2,1-2H3,(H,20,21);2*1H. The van der Waals surface area contributed by atoms with Crippen LogP contribution >= 0.6 is 40.7 Å². The molecule has 132 valence electrons. The van der Waals surface area contributed by atoms with E-state index in [1.807, 2.05) is 26.0 Å². The summed E-state index contributed by atoms with van der Waals surface area (Å²) < 4.78 is 6.64. The van der Waals surface area contributed by atoms with E-state index in [0.29, 0.717) is 17.9 Å². The molecule has 0 spiro atoms. The van der Waals surface area contributed by atoms with E-state index < -0.39 is 5.54 Å². The lowest BCUT2D eigenvalue weighted by molar-refractivity contribution is 0.0943. The molecule has 0 atom stereocenters. The average Bonchev–Trinajstić information content (AvgIpc) is 2.47. The summed E-state index contributed by atoms with van der Waals surface area (Å²) in [5, 5.41) is 2.78. The number of aromatic nitrogens is 1. The van der Waals surface area contributed by atoms with Gasteiger partial charge in [0.05, 0.1) is 0 Å². The summed E-state index contributed by atoms with van der Waals surface area (Å²) in [4.78, 5) is 16.4. The molecular formula is C16H20BrCl2N3O2. The van der Waals surface area contributed by atoms with Gasteiger partial charge >= 0.3 is 0 Å². The van der Waals surface area contributed by atoms with Crippen molar-refractivity contribution in [3.63, 3.8) is 0 Å². The Morgan fingerprint density at radius 1 is 1.25 bits per heavy atom. The fraction of sp³-hybridized carbons (Fsp3) is 0.250. The summed E-state index contributed by atoms with van der Waals surface area (Å²) in [7, 11) is 0. The van der Waals surface area contributed by atoms with Gasteiger partial charge < -0.3 is 15.8 Å². The third kappa shape index (κ3) is 7.05. The first-order valence-electron chi connectivity index (χ1n) is 6.81. The first-order valence-corrected chi connectivity index (χ1v) is 7.60. The van der Waals surface area contributed by atoms with Gasteiger partial charge in [0.1, 0.15) is 11.3 Å². The quantitative estimate of drug-likeness (QED) is 0.743. The lowest BCUT2D eigenvalue weighted by Crippen LogP contribution is -2.45.